The maximum atomic E-state index is 11.9. The molecule has 0 radical (unpaired) electrons. The molecule has 0 unspecified atom stereocenters. The van der Waals surface area contributed by atoms with Crippen LogP contribution in [0.5, 0.6) is 0 Å². The lowest BCUT2D eigenvalue weighted by Crippen LogP contribution is -2.08. The topological polar surface area (TPSA) is 98.5 Å². The van der Waals surface area contributed by atoms with E-state index in [2.05, 4.69) is 10.1 Å². The predicted molar refractivity (Wildman–Crippen MR) is 93.6 cm³/mol. The Kier molecular flexibility index (Phi) is 5.86. The van der Waals surface area contributed by atoms with Gasteiger partial charge in [-0.25, -0.2) is 4.79 Å². The first-order chi connectivity index (χ1) is 11.9. The van der Waals surface area contributed by atoms with E-state index < -0.39 is 22.5 Å². The summed E-state index contributed by atoms with van der Waals surface area (Å²) in [6.45, 7) is 0. The van der Waals surface area contributed by atoms with Crippen LogP contribution in [-0.2, 0) is 9.53 Å². The quantitative estimate of drug-likeness (QED) is 0.379. The van der Waals surface area contributed by atoms with Crippen molar-refractivity contribution in [3.05, 3.63) is 74.8 Å². The molecular formula is C17H13ClN2O5. The third kappa shape index (κ3) is 4.65. The summed E-state index contributed by atoms with van der Waals surface area (Å²) in [6, 6.07) is 10.7. The minimum atomic E-state index is -0.826. The highest BCUT2D eigenvalue weighted by Crippen LogP contribution is 2.25. The van der Waals surface area contributed by atoms with Crippen LogP contribution >= 0.6 is 11.6 Å². The molecule has 0 spiro atoms. The Morgan fingerprint density at radius 1 is 1.20 bits per heavy atom. The van der Waals surface area contributed by atoms with Gasteiger partial charge in [-0.3, -0.25) is 14.9 Å². The molecule has 25 heavy (non-hydrogen) atoms. The van der Waals surface area contributed by atoms with Crippen LogP contribution in [0.15, 0.2) is 48.5 Å². The number of carbonyl (C=O) groups is 2. The average molecular weight is 361 g/mol. The molecule has 1 amide bonds. The summed E-state index contributed by atoms with van der Waals surface area (Å²) >= 11 is 5.76. The zero-order valence-electron chi connectivity index (χ0n) is 13.1. The van der Waals surface area contributed by atoms with Crippen molar-refractivity contribution in [2.45, 2.75) is 0 Å². The zero-order chi connectivity index (χ0) is 18.4. The van der Waals surface area contributed by atoms with E-state index in [0.717, 1.165) is 13.2 Å². The van der Waals surface area contributed by atoms with Crippen molar-refractivity contribution in [3.8, 4) is 0 Å². The van der Waals surface area contributed by atoms with E-state index >= 15 is 0 Å². The van der Waals surface area contributed by atoms with Gasteiger partial charge in [-0.05, 0) is 42.5 Å². The van der Waals surface area contributed by atoms with Gasteiger partial charge >= 0.3 is 5.97 Å². The van der Waals surface area contributed by atoms with Crippen molar-refractivity contribution in [1.29, 1.82) is 0 Å². The number of amides is 1. The summed E-state index contributed by atoms with van der Waals surface area (Å²) in [5.74, 6) is -1.31. The van der Waals surface area contributed by atoms with Gasteiger partial charge in [0.1, 0.15) is 5.56 Å². The van der Waals surface area contributed by atoms with E-state index in [1.54, 1.807) is 24.3 Å². The van der Waals surface area contributed by atoms with Gasteiger partial charge in [-0.1, -0.05) is 17.7 Å². The van der Waals surface area contributed by atoms with Crippen molar-refractivity contribution < 1.29 is 19.2 Å². The number of methoxy groups -OCH3 is 1. The predicted octanol–water partition coefficient (Wildman–Crippen LogP) is 3.69. The largest absolute Gasteiger partial charge is 0.465 e. The Labute approximate surface area is 148 Å². The molecule has 2 rings (SSSR count). The molecule has 0 fully saturated rings. The second-order valence-electron chi connectivity index (χ2n) is 4.82. The number of nitro benzene ring substituents is 1. The lowest BCUT2D eigenvalue weighted by atomic mass is 10.1. The van der Waals surface area contributed by atoms with E-state index in [-0.39, 0.29) is 11.1 Å². The highest BCUT2D eigenvalue weighted by Gasteiger charge is 2.23. The minimum Gasteiger partial charge on any atom is -0.465 e. The molecule has 0 atom stereocenters. The Hall–Kier alpha value is -3.19. The van der Waals surface area contributed by atoms with Gasteiger partial charge in [-0.15, -0.1) is 0 Å². The first-order valence-corrected chi connectivity index (χ1v) is 7.40. The van der Waals surface area contributed by atoms with Crippen LogP contribution < -0.4 is 5.32 Å². The number of halogens is 1. The fourth-order valence-electron chi connectivity index (χ4n) is 2.06. The molecule has 2 aromatic carbocycles. The fraction of sp³-hybridized carbons (Fsp3) is 0.0588. The molecule has 0 bridgehead atoms. The number of hydrogen-bond acceptors (Lipinski definition) is 5. The first kappa shape index (κ1) is 18.2. The van der Waals surface area contributed by atoms with Gasteiger partial charge in [0.2, 0.25) is 5.91 Å². The Balaban J connectivity index is 2.25. The SMILES string of the molecule is COC(=O)c1cccc(/C=C/C(=O)Nc2ccc(Cl)cc2)c1[N+](=O)[O-]. The molecule has 0 saturated carbocycles. The van der Waals surface area contributed by atoms with Gasteiger partial charge in [0.25, 0.3) is 5.69 Å². The maximum absolute atomic E-state index is 11.9. The highest BCUT2D eigenvalue weighted by atomic mass is 35.5. The number of nitro groups is 1. The molecule has 0 aliphatic heterocycles. The van der Waals surface area contributed by atoms with Crippen LogP contribution in [0.4, 0.5) is 11.4 Å². The molecule has 128 valence electrons. The summed E-state index contributed by atoms with van der Waals surface area (Å²) in [4.78, 5) is 34.2. The molecular weight excluding hydrogens is 348 g/mol. The monoisotopic (exact) mass is 360 g/mol. The molecule has 7 nitrogen and oxygen atoms in total. The summed E-state index contributed by atoms with van der Waals surface area (Å²) in [6.07, 6.45) is 2.40. The van der Waals surface area contributed by atoms with Crippen molar-refractivity contribution in [2.75, 3.05) is 12.4 Å². The number of carbonyl (C=O) groups excluding carboxylic acids is 2. The van der Waals surface area contributed by atoms with E-state index in [0.29, 0.717) is 10.7 Å². The fourth-order valence-corrected chi connectivity index (χ4v) is 2.18. The number of esters is 1. The van der Waals surface area contributed by atoms with E-state index in [9.17, 15) is 19.7 Å². The van der Waals surface area contributed by atoms with Gasteiger partial charge in [0, 0.05) is 16.8 Å². The van der Waals surface area contributed by atoms with Crippen molar-refractivity contribution in [1.82, 2.24) is 0 Å². The number of anilines is 1. The Morgan fingerprint density at radius 2 is 1.88 bits per heavy atom. The van der Waals surface area contributed by atoms with Crippen LogP contribution in [0.1, 0.15) is 15.9 Å². The number of nitrogens with zero attached hydrogens (tertiary/aromatic N) is 1. The molecule has 0 saturated heterocycles. The van der Waals surface area contributed by atoms with Crippen molar-refractivity contribution in [2.24, 2.45) is 0 Å². The molecule has 0 heterocycles. The van der Waals surface area contributed by atoms with Crippen LogP contribution in [0.25, 0.3) is 6.08 Å². The summed E-state index contributed by atoms with van der Waals surface area (Å²) in [5, 5.41) is 14.4. The molecule has 2 aromatic rings. The number of hydrogen-bond donors (Lipinski definition) is 1. The normalized spacial score (nSPS) is 10.5. The first-order valence-electron chi connectivity index (χ1n) is 7.02. The van der Waals surface area contributed by atoms with Crippen LogP contribution in [0, 0.1) is 10.1 Å². The smallest absolute Gasteiger partial charge is 0.344 e. The van der Waals surface area contributed by atoms with Gasteiger partial charge < -0.3 is 10.1 Å². The second-order valence-corrected chi connectivity index (χ2v) is 5.26. The zero-order valence-corrected chi connectivity index (χ0v) is 13.8. The lowest BCUT2D eigenvalue weighted by molar-refractivity contribution is -0.385. The van der Waals surface area contributed by atoms with Crippen LogP contribution in [0.2, 0.25) is 5.02 Å². The standard InChI is InChI=1S/C17H13ClN2O5/c1-25-17(22)14-4-2-3-11(16(14)20(23)24)5-10-15(21)19-13-8-6-12(18)7-9-13/h2-10H,1H3,(H,19,21)/b10-5+. The number of ether oxygens (including phenoxy) is 1. The van der Waals surface area contributed by atoms with Gasteiger partial charge in [0.15, 0.2) is 0 Å². The third-order valence-corrected chi connectivity index (χ3v) is 3.43. The molecule has 8 heteroatoms. The van der Waals surface area contributed by atoms with Crippen LogP contribution in [0.3, 0.4) is 0 Å². The number of rotatable bonds is 5. The third-order valence-electron chi connectivity index (χ3n) is 3.18. The second kappa shape index (κ2) is 8.07. The molecule has 0 aromatic heterocycles. The summed E-state index contributed by atoms with van der Waals surface area (Å²) in [5.41, 5.74) is 0.0219. The summed E-state index contributed by atoms with van der Waals surface area (Å²) < 4.78 is 4.54. The van der Waals surface area contributed by atoms with Crippen molar-refractivity contribution >= 4 is 40.9 Å². The number of benzene rings is 2. The highest BCUT2D eigenvalue weighted by molar-refractivity contribution is 6.30. The lowest BCUT2D eigenvalue weighted by Gasteiger charge is -2.04. The van der Waals surface area contributed by atoms with E-state index in [4.69, 9.17) is 11.6 Å². The Morgan fingerprint density at radius 3 is 2.48 bits per heavy atom. The minimum absolute atomic E-state index is 0.110. The van der Waals surface area contributed by atoms with E-state index in [1.807, 2.05) is 0 Å². The van der Waals surface area contributed by atoms with Gasteiger partial charge in [0.05, 0.1) is 17.6 Å². The molecule has 0 aliphatic rings. The Bertz CT molecular complexity index is 847. The maximum Gasteiger partial charge on any atom is 0.344 e. The van der Waals surface area contributed by atoms with Gasteiger partial charge in [-0.2, -0.15) is 0 Å². The molecule has 1 N–H and O–H groups in total. The number of para-hydroxylation sites is 1. The number of nitrogens with one attached hydrogen (secondary N) is 1. The summed E-state index contributed by atoms with van der Waals surface area (Å²) in [7, 11) is 1.13. The van der Waals surface area contributed by atoms with E-state index in [1.165, 1.54) is 24.3 Å². The molecule has 0 aliphatic carbocycles. The van der Waals surface area contributed by atoms with Crippen molar-refractivity contribution in [3.63, 3.8) is 0 Å². The average Bonchev–Trinajstić information content (AvgIpc) is 2.60. The van der Waals surface area contributed by atoms with Crippen LogP contribution in [-0.4, -0.2) is 23.9 Å².